The van der Waals surface area contributed by atoms with Gasteiger partial charge in [0.05, 0.1) is 19.2 Å². The number of para-hydroxylation sites is 1. The Hall–Kier alpha value is -4.35. The van der Waals surface area contributed by atoms with Crippen LogP contribution in [0, 0.1) is 0 Å². The van der Waals surface area contributed by atoms with E-state index in [0.717, 1.165) is 17.5 Å². The van der Waals surface area contributed by atoms with Crippen molar-refractivity contribution >= 4 is 28.6 Å². The molecule has 0 bridgehead atoms. The molecule has 1 aliphatic rings. The molecule has 1 saturated heterocycles. The number of nitrogens with one attached hydrogen (secondary N) is 1. The van der Waals surface area contributed by atoms with Crippen molar-refractivity contribution in [2.24, 2.45) is 0 Å². The third-order valence-corrected chi connectivity index (χ3v) is 5.77. The molecule has 3 amide bonds. The van der Waals surface area contributed by atoms with Gasteiger partial charge in [-0.1, -0.05) is 18.2 Å². The number of amides is 3. The van der Waals surface area contributed by atoms with Gasteiger partial charge in [0.25, 0.3) is 11.8 Å². The topological polar surface area (TPSA) is 101 Å². The van der Waals surface area contributed by atoms with Crippen molar-refractivity contribution < 1.29 is 37.0 Å². The quantitative estimate of drug-likeness (QED) is 0.541. The molecule has 0 atom stereocenters. The summed E-state index contributed by atoms with van der Waals surface area (Å²) in [5.41, 5.74) is 0.734. The molecule has 194 valence electrons. The molecule has 1 aliphatic heterocycles. The fourth-order valence-corrected chi connectivity index (χ4v) is 3.95. The minimum atomic E-state index is -4.86. The molecule has 37 heavy (non-hydrogen) atoms. The summed E-state index contributed by atoms with van der Waals surface area (Å²) in [7, 11) is 1.49. The van der Waals surface area contributed by atoms with Gasteiger partial charge >= 0.3 is 6.36 Å². The number of aromatic nitrogens is 1. The Bertz CT molecular complexity index is 1320. The first-order chi connectivity index (χ1) is 17.6. The zero-order valence-electron chi connectivity index (χ0n) is 19.7. The maximum Gasteiger partial charge on any atom is 0.573 e. The van der Waals surface area contributed by atoms with E-state index in [9.17, 15) is 27.6 Å². The molecular weight excluding hydrogens is 493 g/mol. The molecule has 1 N–H and O–H groups in total. The van der Waals surface area contributed by atoms with Crippen molar-refractivity contribution in [2.75, 3.05) is 39.8 Å². The molecule has 12 heteroatoms. The molecule has 0 unspecified atom stereocenters. The predicted octanol–water partition coefficient (Wildman–Crippen LogP) is 2.86. The van der Waals surface area contributed by atoms with Crippen LogP contribution in [0.25, 0.3) is 10.9 Å². The Balaban J connectivity index is 1.31. The molecule has 0 aliphatic carbocycles. The summed E-state index contributed by atoms with van der Waals surface area (Å²) in [6.45, 7) is 0.529. The van der Waals surface area contributed by atoms with E-state index in [-0.39, 0.29) is 49.9 Å². The number of hydrogen-bond donors (Lipinski definition) is 1. The van der Waals surface area contributed by atoms with Crippen molar-refractivity contribution in [2.45, 2.75) is 6.36 Å². The highest BCUT2D eigenvalue weighted by molar-refractivity contribution is 5.98. The minimum absolute atomic E-state index is 0.0482. The number of carbonyl (C=O) groups excluding carboxylic acids is 3. The van der Waals surface area contributed by atoms with Gasteiger partial charge in [0.15, 0.2) is 0 Å². The summed E-state index contributed by atoms with van der Waals surface area (Å²) < 4.78 is 46.6. The standard InChI is InChI=1S/C25H23F3N4O5/c1-36-21-14-20(30-19-8-3-2-7-18(19)21)23(34)29-15-22(33)31-9-11-32(12-10-31)24(35)16-5-4-6-17(13-16)37-25(26,27)28/h2-8,13-14H,9-12,15H2,1H3,(H,29,34). The first kappa shape index (κ1) is 25.7. The minimum Gasteiger partial charge on any atom is -0.496 e. The number of alkyl halides is 3. The monoisotopic (exact) mass is 516 g/mol. The van der Waals surface area contributed by atoms with Crippen molar-refractivity contribution in [1.82, 2.24) is 20.1 Å². The number of methoxy groups -OCH3 is 1. The smallest absolute Gasteiger partial charge is 0.496 e. The van der Waals surface area contributed by atoms with Gasteiger partial charge in [-0.2, -0.15) is 0 Å². The molecule has 0 radical (unpaired) electrons. The lowest BCUT2D eigenvalue weighted by molar-refractivity contribution is -0.274. The Labute approximate surface area is 209 Å². The number of hydrogen-bond acceptors (Lipinski definition) is 6. The summed E-state index contributed by atoms with van der Waals surface area (Å²) in [5.74, 6) is -1.34. The summed E-state index contributed by atoms with van der Waals surface area (Å²) in [5, 5.41) is 3.32. The zero-order valence-corrected chi connectivity index (χ0v) is 19.7. The van der Waals surface area contributed by atoms with Crippen LogP contribution in [0.15, 0.2) is 54.6 Å². The van der Waals surface area contributed by atoms with Gasteiger partial charge in [-0.25, -0.2) is 4.98 Å². The van der Waals surface area contributed by atoms with Gasteiger partial charge in [-0.05, 0) is 30.3 Å². The second-order valence-corrected chi connectivity index (χ2v) is 8.16. The van der Waals surface area contributed by atoms with E-state index in [2.05, 4.69) is 15.0 Å². The van der Waals surface area contributed by atoms with Crippen LogP contribution in [0.1, 0.15) is 20.8 Å². The summed E-state index contributed by atoms with van der Waals surface area (Å²) >= 11 is 0. The number of halogens is 3. The lowest BCUT2D eigenvalue weighted by Gasteiger charge is -2.35. The van der Waals surface area contributed by atoms with E-state index >= 15 is 0 Å². The number of piperazine rings is 1. The molecular formula is C25H23F3N4O5. The number of benzene rings is 2. The van der Waals surface area contributed by atoms with Crippen molar-refractivity contribution in [3.05, 3.63) is 65.9 Å². The van der Waals surface area contributed by atoms with Gasteiger partial charge in [0.1, 0.15) is 17.2 Å². The molecule has 1 fully saturated rings. The van der Waals surface area contributed by atoms with Crippen LogP contribution in [0.5, 0.6) is 11.5 Å². The van der Waals surface area contributed by atoms with Crippen LogP contribution in [0.4, 0.5) is 13.2 Å². The summed E-state index contributed by atoms with van der Waals surface area (Å²) in [6, 6.07) is 13.5. The maximum atomic E-state index is 12.7. The number of rotatable bonds is 6. The third kappa shape index (κ3) is 6.26. The fourth-order valence-electron chi connectivity index (χ4n) is 3.95. The maximum absolute atomic E-state index is 12.7. The first-order valence-electron chi connectivity index (χ1n) is 11.3. The van der Waals surface area contributed by atoms with Gasteiger partial charge in [-0.3, -0.25) is 14.4 Å². The van der Waals surface area contributed by atoms with Crippen LogP contribution in [0.3, 0.4) is 0 Å². The highest BCUT2D eigenvalue weighted by Crippen LogP contribution is 2.25. The SMILES string of the molecule is COc1cc(C(=O)NCC(=O)N2CCN(C(=O)c3cccc(OC(F)(F)F)c3)CC2)nc2ccccc12. The lowest BCUT2D eigenvalue weighted by atomic mass is 10.1. The molecule has 3 aromatic rings. The highest BCUT2D eigenvalue weighted by atomic mass is 19.4. The van der Waals surface area contributed by atoms with Crippen LogP contribution >= 0.6 is 0 Å². The summed E-state index contributed by atoms with van der Waals surface area (Å²) in [4.78, 5) is 45.3. The number of nitrogens with zero attached hydrogens (tertiary/aromatic N) is 3. The first-order valence-corrected chi connectivity index (χ1v) is 11.3. The fraction of sp³-hybridized carbons (Fsp3) is 0.280. The van der Waals surface area contributed by atoms with E-state index in [4.69, 9.17) is 4.74 Å². The number of pyridine rings is 1. The number of ether oxygens (including phenoxy) is 2. The van der Waals surface area contributed by atoms with Gasteiger partial charge in [0, 0.05) is 43.2 Å². The Morgan fingerprint density at radius 2 is 1.68 bits per heavy atom. The predicted molar refractivity (Wildman–Crippen MR) is 126 cm³/mol. The van der Waals surface area contributed by atoms with E-state index in [0.29, 0.717) is 11.3 Å². The Morgan fingerprint density at radius 1 is 0.973 bits per heavy atom. The third-order valence-electron chi connectivity index (χ3n) is 5.77. The van der Waals surface area contributed by atoms with Crippen LogP contribution in [-0.2, 0) is 4.79 Å². The molecule has 0 saturated carbocycles. The average Bonchev–Trinajstić information content (AvgIpc) is 2.89. The Kier molecular flexibility index (Phi) is 7.46. The largest absolute Gasteiger partial charge is 0.573 e. The van der Waals surface area contributed by atoms with Crippen molar-refractivity contribution in [1.29, 1.82) is 0 Å². The normalized spacial score (nSPS) is 13.8. The molecule has 2 heterocycles. The van der Waals surface area contributed by atoms with Gasteiger partial charge in [-0.15, -0.1) is 13.2 Å². The van der Waals surface area contributed by atoms with E-state index in [1.165, 1.54) is 35.1 Å². The van der Waals surface area contributed by atoms with Crippen molar-refractivity contribution in [3.63, 3.8) is 0 Å². The van der Waals surface area contributed by atoms with Crippen LogP contribution in [0.2, 0.25) is 0 Å². The van der Waals surface area contributed by atoms with E-state index in [1.807, 2.05) is 12.1 Å². The van der Waals surface area contributed by atoms with Gasteiger partial charge < -0.3 is 24.6 Å². The van der Waals surface area contributed by atoms with Gasteiger partial charge in [0.2, 0.25) is 5.91 Å². The zero-order chi connectivity index (χ0) is 26.6. The van der Waals surface area contributed by atoms with Crippen molar-refractivity contribution in [3.8, 4) is 11.5 Å². The molecule has 1 aromatic heterocycles. The highest BCUT2D eigenvalue weighted by Gasteiger charge is 2.32. The molecule has 0 spiro atoms. The molecule has 2 aromatic carbocycles. The van der Waals surface area contributed by atoms with E-state index in [1.54, 1.807) is 12.1 Å². The Morgan fingerprint density at radius 3 is 2.38 bits per heavy atom. The van der Waals surface area contributed by atoms with Crippen LogP contribution < -0.4 is 14.8 Å². The summed E-state index contributed by atoms with van der Waals surface area (Å²) in [6.07, 6.45) is -4.86. The number of carbonyl (C=O) groups is 3. The second-order valence-electron chi connectivity index (χ2n) is 8.16. The molecule has 4 rings (SSSR count). The lowest BCUT2D eigenvalue weighted by Crippen LogP contribution is -2.52. The van der Waals surface area contributed by atoms with E-state index < -0.39 is 23.9 Å². The molecule has 9 nitrogen and oxygen atoms in total. The number of fused-ring (bicyclic) bond motifs is 1. The van der Waals surface area contributed by atoms with Crippen LogP contribution in [-0.4, -0.2) is 78.7 Å². The second kappa shape index (κ2) is 10.7. The average molecular weight is 516 g/mol.